The van der Waals surface area contributed by atoms with Crippen molar-refractivity contribution in [2.24, 2.45) is 11.8 Å². The van der Waals surface area contributed by atoms with Gasteiger partial charge in [-0.1, -0.05) is 11.2 Å². The Hall–Kier alpha value is -3.72. The van der Waals surface area contributed by atoms with E-state index in [0.717, 1.165) is 25.0 Å². The van der Waals surface area contributed by atoms with Gasteiger partial charge in [-0.25, -0.2) is 4.68 Å². The third-order valence-corrected chi connectivity index (χ3v) is 6.13. The minimum absolute atomic E-state index is 0.0778. The summed E-state index contributed by atoms with van der Waals surface area (Å²) >= 11 is 0. The average molecular weight is 533 g/mol. The Morgan fingerprint density at radius 2 is 1.76 bits per heavy atom. The molecule has 0 radical (unpaired) electrons. The highest BCUT2D eigenvalue weighted by atomic mass is 19.4. The van der Waals surface area contributed by atoms with Crippen LogP contribution < -0.4 is 19.7 Å². The van der Waals surface area contributed by atoms with Crippen LogP contribution in [0.25, 0.3) is 0 Å². The van der Waals surface area contributed by atoms with Crippen molar-refractivity contribution in [3.8, 4) is 17.5 Å². The molecule has 200 valence electrons. The molecule has 1 aromatic carbocycles. The second kappa shape index (κ2) is 9.30. The second-order valence-electron chi connectivity index (χ2n) is 8.89. The van der Waals surface area contributed by atoms with Gasteiger partial charge in [0.05, 0.1) is 0 Å². The van der Waals surface area contributed by atoms with E-state index in [-0.39, 0.29) is 29.6 Å². The number of hydrogen-bond donors (Lipinski definition) is 1. The first-order valence-electron chi connectivity index (χ1n) is 11.3. The molecule has 3 aromatic rings. The fourth-order valence-electron chi connectivity index (χ4n) is 4.75. The summed E-state index contributed by atoms with van der Waals surface area (Å²) in [5, 5.41) is 15.0. The molecule has 16 heteroatoms. The van der Waals surface area contributed by atoms with E-state index >= 15 is 0 Å². The molecule has 37 heavy (non-hydrogen) atoms. The highest BCUT2D eigenvalue weighted by molar-refractivity contribution is 5.37. The third-order valence-electron chi connectivity index (χ3n) is 6.13. The van der Waals surface area contributed by atoms with Crippen molar-refractivity contribution in [3.63, 3.8) is 0 Å². The summed E-state index contributed by atoms with van der Waals surface area (Å²) in [7, 11) is 0. The molecule has 2 aliphatic rings. The summed E-state index contributed by atoms with van der Waals surface area (Å²) < 4.78 is 92.4. The van der Waals surface area contributed by atoms with Gasteiger partial charge in [-0.2, -0.15) is 18.2 Å². The lowest BCUT2D eigenvalue weighted by Gasteiger charge is -2.37. The molecule has 2 bridgehead atoms. The van der Waals surface area contributed by atoms with Gasteiger partial charge >= 0.3 is 24.6 Å². The fraction of sp³-hybridized carbons (Fsp3) is 0.524. The second-order valence-corrected chi connectivity index (χ2v) is 8.89. The van der Waals surface area contributed by atoms with Crippen LogP contribution in [0.5, 0.6) is 17.5 Å². The summed E-state index contributed by atoms with van der Waals surface area (Å²) in [6.45, 7) is 1.40. The molecular formula is C21H21F6N7O3. The maximum absolute atomic E-state index is 13.2. The van der Waals surface area contributed by atoms with Crippen molar-refractivity contribution in [1.82, 2.24) is 25.0 Å². The van der Waals surface area contributed by atoms with Gasteiger partial charge in [-0.3, -0.25) is 0 Å². The van der Waals surface area contributed by atoms with Crippen LogP contribution in [0.2, 0.25) is 0 Å². The molecule has 0 spiro atoms. The number of rotatable bonds is 7. The maximum Gasteiger partial charge on any atom is 0.573 e. The van der Waals surface area contributed by atoms with Crippen molar-refractivity contribution in [3.05, 3.63) is 30.2 Å². The van der Waals surface area contributed by atoms with Crippen LogP contribution in [0, 0.1) is 18.8 Å². The largest absolute Gasteiger partial charge is 0.573 e. The summed E-state index contributed by atoms with van der Waals surface area (Å²) in [5.74, 6) is -0.171. The van der Waals surface area contributed by atoms with Crippen LogP contribution in [0.4, 0.5) is 38.3 Å². The average Bonchev–Trinajstić information content (AvgIpc) is 3.42. The van der Waals surface area contributed by atoms with E-state index in [4.69, 9.17) is 9.15 Å². The Morgan fingerprint density at radius 3 is 2.38 bits per heavy atom. The lowest BCUT2D eigenvalue weighted by atomic mass is 9.92. The topological polar surface area (TPSA) is 103 Å². The SMILES string of the molecule is Cc1nnc(N2C[C@H]3CC[C@@H](C2)[C@@H]3Nc2nc(Oc3cccc(OC(F)(F)F)c3)n(CC(F)(F)F)n2)o1. The molecule has 1 saturated heterocycles. The Morgan fingerprint density at radius 1 is 1.05 bits per heavy atom. The van der Waals surface area contributed by atoms with E-state index in [2.05, 4.69) is 30.3 Å². The molecule has 2 aromatic heterocycles. The lowest BCUT2D eigenvalue weighted by Crippen LogP contribution is -2.48. The molecule has 1 saturated carbocycles. The molecular weight excluding hydrogens is 512 g/mol. The highest BCUT2D eigenvalue weighted by Gasteiger charge is 2.44. The molecule has 0 unspecified atom stereocenters. The third kappa shape index (κ3) is 5.99. The Bertz CT molecular complexity index is 1230. The quantitative estimate of drug-likeness (QED) is 0.438. The summed E-state index contributed by atoms with van der Waals surface area (Å²) in [5.41, 5.74) is 0. The standard InChI is InChI=1S/C21H21F6N7O3/c1-11-30-31-19(35-11)33-8-12-5-6-13(9-33)16(12)28-17-29-18(34(32-17)10-20(22,23)24)36-14-3-2-4-15(7-14)37-21(25,26)27/h2-4,7,12-13,16H,5-6,8-10H2,1H3,(H,28,32)/t12-,13+,16-. The molecule has 2 fully saturated rings. The van der Waals surface area contributed by atoms with Gasteiger partial charge in [-0.15, -0.1) is 23.4 Å². The van der Waals surface area contributed by atoms with E-state index < -0.39 is 30.8 Å². The Kier molecular flexibility index (Phi) is 6.27. The van der Waals surface area contributed by atoms with Crippen LogP contribution in [0.15, 0.2) is 28.7 Å². The Labute approximate surface area is 205 Å². The molecule has 3 heterocycles. The summed E-state index contributed by atoms with van der Waals surface area (Å²) in [6, 6.07) is 4.17. The van der Waals surface area contributed by atoms with Crippen LogP contribution in [0.1, 0.15) is 18.7 Å². The number of halogens is 6. The van der Waals surface area contributed by atoms with E-state index in [1.807, 2.05) is 4.90 Å². The van der Waals surface area contributed by atoms with Gasteiger partial charge < -0.3 is 24.1 Å². The number of aromatic nitrogens is 5. The van der Waals surface area contributed by atoms with Crippen molar-refractivity contribution in [1.29, 1.82) is 0 Å². The molecule has 1 aliphatic carbocycles. The van der Waals surface area contributed by atoms with E-state index in [1.165, 1.54) is 12.1 Å². The number of anilines is 2. The Balaban J connectivity index is 1.33. The number of nitrogens with zero attached hydrogens (tertiary/aromatic N) is 6. The smallest absolute Gasteiger partial charge is 0.424 e. The first-order valence-corrected chi connectivity index (χ1v) is 11.3. The number of piperidine rings is 1. The number of nitrogens with one attached hydrogen (secondary N) is 1. The van der Waals surface area contributed by atoms with Gasteiger partial charge in [0, 0.05) is 32.1 Å². The minimum atomic E-state index is -4.94. The number of ether oxygens (including phenoxy) is 2. The fourth-order valence-corrected chi connectivity index (χ4v) is 4.75. The van der Waals surface area contributed by atoms with Crippen LogP contribution in [0.3, 0.4) is 0 Å². The molecule has 5 rings (SSSR count). The molecule has 1 N–H and O–H groups in total. The van der Waals surface area contributed by atoms with Gasteiger partial charge in [0.15, 0.2) is 0 Å². The van der Waals surface area contributed by atoms with Crippen LogP contribution in [-0.4, -0.2) is 56.6 Å². The molecule has 1 aliphatic heterocycles. The predicted molar refractivity (Wildman–Crippen MR) is 114 cm³/mol. The van der Waals surface area contributed by atoms with Gasteiger partial charge in [0.1, 0.15) is 18.0 Å². The zero-order chi connectivity index (χ0) is 26.4. The van der Waals surface area contributed by atoms with Crippen molar-refractivity contribution < 1.29 is 40.2 Å². The van der Waals surface area contributed by atoms with Crippen molar-refractivity contribution >= 4 is 12.0 Å². The van der Waals surface area contributed by atoms with Gasteiger partial charge in [-0.05, 0) is 36.8 Å². The molecule has 3 atom stereocenters. The van der Waals surface area contributed by atoms with E-state index in [0.29, 0.717) is 29.7 Å². The number of aryl methyl sites for hydroxylation is 1. The van der Waals surface area contributed by atoms with Gasteiger partial charge in [0.2, 0.25) is 11.8 Å². The van der Waals surface area contributed by atoms with Crippen molar-refractivity contribution in [2.75, 3.05) is 23.3 Å². The maximum atomic E-state index is 13.2. The summed E-state index contributed by atoms with van der Waals surface area (Å²) in [4.78, 5) is 6.05. The normalized spacial score (nSPS) is 21.8. The highest BCUT2D eigenvalue weighted by Crippen LogP contribution is 2.40. The number of benzene rings is 1. The van der Waals surface area contributed by atoms with E-state index in [1.54, 1.807) is 6.92 Å². The number of hydrogen-bond acceptors (Lipinski definition) is 9. The number of alkyl halides is 6. The first-order chi connectivity index (χ1) is 17.4. The number of fused-ring (bicyclic) bond motifs is 2. The zero-order valence-corrected chi connectivity index (χ0v) is 19.3. The zero-order valence-electron chi connectivity index (χ0n) is 19.3. The lowest BCUT2D eigenvalue weighted by molar-refractivity contribution is -0.274. The van der Waals surface area contributed by atoms with Crippen LogP contribution >= 0.6 is 0 Å². The van der Waals surface area contributed by atoms with Crippen LogP contribution in [-0.2, 0) is 6.54 Å². The monoisotopic (exact) mass is 533 g/mol. The predicted octanol–water partition coefficient (Wildman–Crippen LogP) is 4.55. The van der Waals surface area contributed by atoms with Crippen molar-refractivity contribution in [2.45, 2.75) is 44.9 Å². The van der Waals surface area contributed by atoms with E-state index in [9.17, 15) is 26.3 Å². The first kappa shape index (κ1) is 25.0. The molecule has 10 nitrogen and oxygen atoms in total. The molecule has 0 amide bonds. The summed E-state index contributed by atoms with van der Waals surface area (Å²) in [6.07, 6.45) is -7.82. The van der Waals surface area contributed by atoms with Gasteiger partial charge in [0.25, 0.3) is 0 Å². The minimum Gasteiger partial charge on any atom is -0.424 e.